The molecule has 7 nitrogen and oxygen atoms in total. The van der Waals surface area contributed by atoms with E-state index in [1.54, 1.807) is 27.6 Å². The van der Waals surface area contributed by atoms with E-state index in [9.17, 15) is 18.0 Å². The van der Waals surface area contributed by atoms with Crippen molar-refractivity contribution in [2.75, 3.05) is 13.1 Å². The van der Waals surface area contributed by atoms with Crippen molar-refractivity contribution in [3.63, 3.8) is 0 Å². The van der Waals surface area contributed by atoms with Crippen LogP contribution in [0.25, 0.3) is 27.9 Å². The van der Waals surface area contributed by atoms with E-state index in [0.717, 1.165) is 30.4 Å². The fourth-order valence-corrected chi connectivity index (χ4v) is 4.39. The Morgan fingerprint density at radius 3 is 2.55 bits per heavy atom. The molecule has 11 heteroatoms. The number of carbonyl (C=O) groups is 1. The maximum absolute atomic E-state index is 13.3. The van der Waals surface area contributed by atoms with E-state index in [-0.39, 0.29) is 22.8 Å². The topological polar surface area (TPSA) is 68.3 Å². The molecule has 4 aromatic rings. The van der Waals surface area contributed by atoms with Gasteiger partial charge in [0.05, 0.1) is 22.4 Å². The zero-order chi connectivity index (χ0) is 23.2. The molecule has 5 rings (SSSR count). The summed E-state index contributed by atoms with van der Waals surface area (Å²) in [6.45, 7) is -0.0509. The fourth-order valence-electron chi connectivity index (χ4n) is 4.23. The van der Waals surface area contributed by atoms with Gasteiger partial charge in [0.1, 0.15) is 23.6 Å². The first-order chi connectivity index (χ1) is 15.8. The van der Waals surface area contributed by atoms with Gasteiger partial charge in [0.25, 0.3) is 5.91 Å². The molecule has 0 bridgehead atoms. The minimum Gasteiger partial charge on any atom is -0.337 e. The summed E-state index contributed by atoms with van der Waals surface area (Å²) in [6, 6.07) is 4.79. The predicted octanol–water partition coefficient (Wildman–Crippen LogP) is 4.98. The lowest BCUT2D eigenvalue weighted by Crippen LogP contribution is -2.32. The number of alkyl halides is 3. The molecular weight excluding hydrogens is 457 g/mol. The molecule has 172 valence electrons. The summed E-state index contributed by atoms with van der Waals surface area (Å²) in [5.74, 6) is -0.276. The second-order valence-corrected chi connectivity index (χ2v) is 8.57. The predicted molar refractivity (Wildman–Crippen MR) is 117 cm³/mol. The zero-order valence-corrected chi connectivity index (χ0v) is 18.3. The second-order valence-electron chi connectivity index (χ2n) is 8.13. The van der Waals surface area contributed by atoms with Gasteiger partial charge in [-0.15, -0.1) is 0 Å². The smallest absolute Gasteiger partial charge is 0.337 e. The second kappa shape index (κ2) is 8.33. The van der Waals surface area contributed by atoms with Gasteiger partial charge >= 0.3 is 6.18 Å². The molecule has 4 aromatic heterocycles. The molecule has 33 heavy (non-hydrogen) atoms. The quantitative estimate of drug-likeness (QED) is 0.418. The van der Waals surface area contributed by atoms with Crippen molar-refractivity contribution in [1.29, 1.82) is 0 Å². The number of likely N-dealkylation sites (tertiary alicyclic amines) is 1. The van der Waals surface area contributed by atoms with E-state index in [1.165, 1.54) is 18.5 Å². The Labute approximate surface area is 191 Å². The molecule has 0 aromatic carbocycles. The lowest BCUT2D eigenvalue weighted by Gasteiger charge is -2.19. The van der Waals surface area contributed by atoms with Gasteiger partial charge < -0.3 is 4.90 Å². The van der Waals surface area contributed by atoms with E-state index in [4.69, 9.17) is 11.6 Å². The monoisotopic (exact) mass is 476 g/mol. The highest BCUT2D eigenvalue weighted by Crippen LogP contribution is 2.31. The largest absolute Gasteiger partial charge is 0.408 e. The standard InChI is InChI=1S/C22H20ClF3N6O/c23-14-5-6-19-28-11-18(31(19)12-14)20-15-10-27-16(21(33)30-7-3-1-2-4-8-30)9-17(15)32(29-20)13-22(24,25)26/h5-6,9-12H,1-4,7-8,13H2. The molecule has 1 saturated heterocycles. The third kappa shape index (κ3) is 4.27. The van der Waals surface area contributed by atoms with Crippen molar-refractivity contribution in [2.45, 2.75) is 38.4 Å². The third-order valence-corrected chi connectivity index (χ3v) is 6.01. The fraction of sp³-hybridized carbons (Fsp3) is 0.364. The van der Waals surface area contributed by atoms with Crippen molar-refractivity contribution < 1.29 is 18.0 Å². The average molecular weight is 477 g/mol. The van der Waals surface area contributed by atoms with Crippen LogP contribution in [0.1, 0.15) is 36.2 Å². The first-order valence-corrected chi connectivity index (χ1v) is 11.0. The number of fused-ring (bicyclic) bond motifs is 2. The Morgan fingerprint density at radius 1 is 1.06 bits per heavy atom. The van der Waals surface area contributed by atoms with Crippen LogP contribution in [0.5, 0.6) is 0 Å². The number of halogens is 4. The first-order valence-electron chi connectivity index (χ1n) is 10.7. The molecule has 1 fully saturated rings. The van der Waals surface area contributed by atoms with Crippen molar-refractivity contribution >= 4 is 34.1 Å². The van der Waals surface area contributed by atoms with Crippen LogP contribution in [0.3, 0.4) is 0 Å². The van der Waals surface area contributed by atoms with Crippen LogP contribution in [-0.2, 0) is 6.54 Å². The van der Waals surface area contributed by atoms with E-state index in [0.29, 0.717) is 34.8 Å². The van der Waals surface area contributed by atoms with Crippen LogP contribution >= 0.6 is 11.6 Å². The third-order valence-electron chi connectivity index (χ3n) is 5.79. The molecule has 0 saturated carbocycles. The van der Waals surface area contributed by atoms with Gasteiger partial charge in [0.15, 0.2) is 0 Å². The van der Waals surface area contributed by atoms with Gasteiger partial charge in [-0.1, -0.05) is 24.4 Å². The number of carbonyl (C=O) groups excluding carboxylic acids is 1. The van der Waals surface area contributed by atoms with E-state index < -0.39 is 12.7 Å². The molecule has 0 atom stereocenters. The Morgan fingerprint density at radius 2 is 1.82 bits per heavy atom. The highest BCUT2D eigenvalue weighted by molar-refractivity contribution is 6.30. The minimum atomic E-state index is -4.49. The summed E-state index contributed by atoms with van der Waals surface area (Å²) in [7, 11) is 0. The van der Waals surface area contributed by atoms with Crippen LogP contribution in [0.4, 0.5) is 13.2 Å². The first kappa shape index (κ1) is 21.7. The van der Waals surface area contributed by atoms with Gasteiger partial charge in [0.2, 0.25) is 0 Å². The van der Waals surface area contributed by atoms with Gasteiger partial charge in [-0.25, -0.2) is 4.98 Å². The molecule has 5 heterocycles. The van der Waals surface area contributed by atoms with Crippen molar-refractivity contribution in [3.8, 4) is 11.4 Å². The molecule has 0 radical (unpaired) electrons. The average Bonchev–Trinajstić information content (AvgIpc) is 3.20. The molecule has 0 unspecified atom stereocenters. The van der Waals surface area contributed by atoms with Gasteiger partial charge in [-0.05, 0) is 31.0 Å². The molecule has 0 N–H and O–H groups in total. The summed E-state index contributed by atoms with van der Waals surface area (Å²) in [6.07, 6.45) is 4.00. The zero-order valence-electron chi connectivity index (χ0n) is 17.5. The maximum Gasteiger partial charge on any atom is 0.408 e. The molecular formula is C22H20ClF3N6O. The maximum atomic E-state index is 13.3. The summed E-state index contributed by atoms with van der Waals surface area (Å²) < 4.78 is 42.5. The number of hydrogen-bond donors (Lipinski definition) is 0. The highest BCUT2D eigenvalue weighted by Gasteiger charge is 2.31. The van der Waals surface area contributed by atoms with Crippen molar-refractivity contribution in [3.05, 3.63) is 47.5 Å². The minimum absolute atomic E-state index is 0.112. The van der Waals surface area contributed by atoms with Crippen molar-refractivity contribution in [1.82, 2.24) is 29.0 Å². The number of nitrogens with zero attached hydrogens (tertiary/aromatic N) is 6. The van der Waals surface area contributed by atoms with Crippen LogP contribution in [0.15, 0.2) is 36.8 Å². The van der Waals surface area contributed by atoms with Crippen molar-refractivity contribution in [2.24, 2.45) is 0 Å². The molecule has 1 aliphatic rings. The summed E-state index contributed by atoms with van der Waals surface area (Å²) in [5.41, 5.74) is 1.64. The van der Waals surface area contributed by atoms with Crippen LogP contribution in [-0.4, -0.2) is 54.2 Å². The molecule has 0 spiro atoms. The van der Waals surface area contributed by atoms with E-state index >= 15 is 0 Å². The summed E-state index contributed by atoms with van der Waals surface area (Å²) in [4.78, 5) is 23.3. The van der Waals surface area contributed by atoms with Gasteiger partial charge in [0, 0.05) is 30.9 Å². The van der Waals surface area contributed by atoms with E-state index in [2.05, 4.69) is 15.1 Å². The molecule has 1 amide bonds. The van der Waals surface area contributed by atoms with Gasteiger partial charge in [-0.2, -0.15) is 18.3 Å². The number of imidazole rings is 1. The van der Waals surface area contributed by atoms with E-state index in [1.807, 2.05) is 0 Å². The SMILES string of the molecule is O=C(c1cc2c(cn1)c(-c1cnc3ccc(Cl)cn13)nn2CC(F)(F)F)N1CCCCCC1. The van der Waals surface area contributed by atoms with Crippen LogP contribution in [0, 0.1) is 0 Å². The number of amides is 1. The lowest BCUT2D eigenvalue weighted by molar-refractivity contribution is -0.141. The highest BCUT2D eigenvalue weighted by atomic mass is 35.5. The van der Waals surface area contributed by atoms with Gasteiger partial charge in [-0.3, -0.25) is 18.9 Å². The molecule has 1 aliphatic heterocycles. The summed E-state index contributed by atoms with van der Waals surface area (Å²) >= 11 is 6.11. The number of pyridine rings is 2. The normalized spacial score (nSPS) is 15.3. The van der Waals surface area contributed by atoms with Crippen LogP contribution in [0.2, 0.25) is 5.02 Å². The molecule has 0 aliphatic carbocycles. The Balaban J connectivity index is 1.63. The number of aromatic nitrogens is 5. The Hall–Kier alpha value is -3.14. The Kier molecular flexibility index (Phi) is 5.48. The number of hydrogen-bond acceptors (Lipinski definition) is 4. The summed E-state index contributed by atoms with van der Waals surface area (Å²) in [5, 5.41) is 5.10. The lowest BCUT2D eigenvalue weighted by atomic mass is 10.2. The van der Waals surface area contributed by atoms with Crippen LogP contribution < -0.4 is 0 Å². The Bertz CT molecular complexity index is 1340. The number of rotatable bonds is 3.